The van der Waals surface area contributed by atoms with Crippen LogP contribution in [0.4, 0.5) is 0 Å². The summed E-state index contributed by atoms with van der Waals surface area (Å²) < 4.78 is 12.4. The summed E-state index contributed by atoms with van der Waals surface area (Å²) in [4.78, 5) is 45.2. The van der Waals surface area contributed by atoms with Gasteiger partial charge in [0.15, 0.2) is 0 Å². The lowest BCUT2D eigenvalue weighted by atomic mass is 9.65. The van der Waals surface area contributed by atoms with Gasteiger partial charge >= 0.3 is 5.97 Å². The maximum atomic E-state index is 14.4. The Hall–Kier alpha value is -2.97. The van der Waals surface area contributed by atoms with Gasteiger partial charge in [-0.1, -0.05) is 49.4 Å². The van der Waals surface area contributed by atoms with Crippen molar-refractivity contribution < 1.29 is 29.0 Å². The van der Waals surface area contributed by atoms with Crippen molar-refractivity contribution in [2.24, 2.45) is 11.8 Å². The van der Waals surface area contributed by atoms with Crippen LogP contribution in [0.5, 0.6) is 0 Å². The van der Waals surface area contributed by atoms with E-state index in [9.17, 15) is 19.5 Å². The second-order valence-corrected chi connectivity index (χ2v) is 10.5. The van der Waals surface area contributed by atoms with Gasteiger partial charge in [0.2, 0.25) is 11.8 Å². The maximum absolute atomic E-state index is 14.4. The third-order valence-corrected chi connectivity index (χ3v) is 8.42. The van der Waals surface area contributed by atoms with Gasteiger partial charge in [-0.3, -0.25) is 14.4 Å². The number of hydrogen-bond donors (Lipinski definition) is 1. The van der Waals surface area contributed by atoms with Gasteiger partial charge < -0.3 is 24.4 Å². The van der Waals surface area contributed by atoms with Crippen LogP contribution in [-0.2, 0) is 30.4 Å². The first kappa shape index (κ1) is 28.0. The molecular formula is C30H40N2O6. The summed E-state index contributed by atoms with van der Waals surface area (Å²) in [6, 6.07) is 8.84. The number of nitrogens with zero attached hydrogens (tertiary/aromatic N) is 2. The number of unbranched alkanes of at least 4 members (excludes halogenated alkanes) is 1. The van der Waals surface area contributed by atoms with Gasteiger partial charge in [-0.05, 0) is 44.1 Å². The number of carbonyl (C=O) groups is 3. The number of esters is 1. The molecule has 4 rings (SSSR count). The second kappa shape index (κ2) is 11.8. The average molecular weight is 525 g/mol. The van der Waals surface area contributed by atoms with E-state index in [4.69, 9.17) is 9.47 Å². The predicted molar refractivity (Wildman–Crippen MR) is 143 cm³/mol. The molecular weight excluding hydrogens is 484 g/mol. The first-order valence-corrected chi connectivity index (χ1v) is 13.7. The van der Waals surface area contributed by atoms with E-state index >= 15 is 0 Å². The molecule has 38 heavy (non-hydrogen) atoms. The van der Waals surface area contributed by atoms with Gasteiger partial charge in [0.25, 0.3) is 0 Å². The molecule has 1 aromatic carbocycles. The molecule has 2 bridgehead atoms. The molecule has 0 saturated carbocycles. The van der Waals surface area contributed by atoms with Crippen LogP contribution in [0.15, 0.2) is 55.6 Å². The first-order valence-electron chi connectivity index (χ1n) is 13.7. The molecule has 2 amide bonds. The third kappa shape index (κ3) is 4.80. The number of fused-ring (bicyclic) bond motifs is 1. The molecule has 1 spiro atoms. The zero-order valence-electron chi connectivity index (χ0n) is 22.3. The highest BCUT2D eigenvalue weighted by Gasteiger charge is 2.79. The predicted octanol–water partition coefficient (Wildman–Crippen LogP) is 3.25. The number of benzene rings is 1. The quantitative estimate of drug-likeness (QED) is 0.228. The summed E-state index contributed by atoms with van der Waals surface area (Å²) in [5, 5.41) is 9.37. The van der Waals surface area contributed by atoms with Crippen LogP contribution in [0, 0.1) is 11.8 Å². The lowest BCUT2D eigenvalue weighted by Gasteiger charge is -2.37. The van der Waals surface area contributed by atoms with Crippen molar-refractivity contribution in [1.82, 2.24) is 9.80 Å². The zero-order chi connectivity index (χ0) is 27.3. The topological polar surface area (TPSA) is 96.4 Å². The van der Waals surface area contributed by atoms with Crippen molar-refractivity contribution in [2.75, 3.05) is 26.3 Å². The Kier molecular flexibility index (Phi) is 8.73. The molecule has 0 aliphatic carbocycles. The summed E-state index contributed by atoms with van der Waals surface area (Å²) in [6.45, 7) is 10.7. The summed E-state index contributed by atoms with van der Waals surface area (Å²) in [6.07, 6.45) is 6.59. The minimum Gasteiger partial charge on any atom is -0.465 e. The molecule has 1 aromatic rings. The SMILES string of the molecule is C=CCCOC(=O)[C@H]1[C@H]2C(=O)N(CCCCO)C(C(=O)N(CC=C)Cc3ccccc3)C23CC[C@]1(CC)O3. The van der Waals surface area contributed by atoms with Crippen LogP contribution in [0.3, 0.4) is 0 Å². The number of ether oxygens (including phenoxy) is 2. The van der Waals surface area contributed by atoms with E-state index in [1.807, 2.05) is 37.3 Å². The fourth-order valence-electron chi connectivity index (χ4n) is 6.69. The first-order chi connectivity index (χ1) is 18.4. The van der Waals surface area contributed by atoms with E-state index in [0.29, 0.717) is 58.2 Å². The lowest BCUT2D eigenvalue weighted by molar-refractivity contribution is -0.162. The van der Waals surface area contributed by atoms with E-state index in [1.165, 1.54) is 0 Å². The number of carbonyl (C=O) groups excluding carboxylic acids is 3. The Morgan fingerprint density at radius 1 is 1.21 bits per heavy atom. The highest BCUT2D eigenvalue weighted by molar-refractivity contribution is 5.98. The molecule has 3 fully saturated rings. The molecule has 3 aliphatic heterocycles. The molecule has 3 heterocycles. The van der Waals surface area contributed by atoms with Crippen LogP contribution >= 0.6 is 0 Å². The number of aliphatic hydroxyl groups excluding tert-OH is 1. The minimum atomic E-state index is -1.10. The highest BCUT2D eigenvalue weighted by atomic mass is 16.6. The van der Waals surface area contributed by atoms with Crippen molar-refractivity contribution in [3.8, 4) is 0 Å². The molecule has 8 heteroatoms. The normalized spacial score (nSPS) is 29.3. The van der Waals surface area contributed by atoms with Gasteiger partial charge in [0.05, 0.1) is 18.1 Å². The summed E-state index contributed by atoms with van der Waals surface area (Å²) in [5.74, 6) is -2.43. The second-order valence-electron chi connectivity index (χ2n) is 10.5. The van der Waals surface area contributed by atoms with E-state index in [1.54, 1.807) is 22.0 Å². The maximum Gasteiger partial charge on any atom is 0.312 e. The standard InChI is InChI=1S/C30H40N2O6/c1-4-7-20-37-28(36)24-23-26(34)32(18-11-12-19-33)25(30(23)16-15-29(24,6-3)38-30)27(35)31(17-5-2)21-22-13-9-8-10-14-22/h4-5,8-10,13-14,23-25,33H,1-2,6-7,11-12,15-21H2,3H3/t23-,24+,25?,29-,30?/m0/s1. The third-order valence-electron chi connectivity index (χ3n) is 8.42. The van der Waals surface area contributed by atoms with Crippen molar-refractivity contribution >= 4 is 17.8 Å². The Morgan fingerprint density at radius 3 is 2.63 bits per heavy atom. The molecule has 206 valence electrons. The number of amides is 2. The van der Waals surface area contributed by atoms with Gasteiger partial charge in [-0.2, -0.15) is 0 Å². The molecule has 0 aromatic heterocycles. The van der Waals surface area contributed by atoms with E-state index in [2.05, 4.69) is 13.2 Å². The van der Waals surface area contributed by atoms with Crippen LogP contribution in [0.25, 0.3) is 0 Å². The smallest absolute Gasteiger partial charge is 0.312 e. The highest BCUT2D eigenvalue weighted by Crippen LogP contribution is 2.64. The van der Waals surface area contributed by atoms with Gasteiger partial charge in [0, 0.05) is 26.2 Å². The van der Waals surface area contributed by atoms with Crippen molar-refractivity contribution in [2.45, 2.75) is 69.2 Å². The number of rotatable bonds is 14. The van der Waals surface area contributed by atoms with Crippen LogP contribution in [0.2, 0.25) is 0 Å². The van der Waals surface area contributed by atoms with E-state index in [0.717, 1.165) is 5.56 Å². The molecule has 8 nitrogen and oxygen atoms in total. The molecule has 2 unspecified atom stereocenters. The summed E-state index contributed by atoms with van der Waals surface area (Å²) >= 11 is 0. The molecule has 3 saturated heterocycles. The van der Waals surface area contributed by atoms with Crippen LogP contribution < -0.4 is 0 Å². The number of likely N-dealkylation sites (tertiary alicyclic amines) is 1. The van der Waals surface area contributed by atoms with Gasteiger partial charge in [0.1, 0.15) is 17.6 Å². The summed E-state index contributed by atoms with van der Waals surface area (Å²) in [7, 11) is 0. The number of aliphatic hydroxyl groups is 1. The van der Waals surface area contributed by atoms with Crippen LogP contribution in [0.1, 0.15) is 51.0 Å². The number of hydrogen-bond acceptors (Lipinski definition) is 6. The van der Waals surface area contributed by atoms with Gasteiger partial charge in [-0.25, -0.2) is 0 Å². The van der Waals surface area contributed by atoms with Crippen LogP contribution in [-0.4, -0.2) is 76.2 Å². The fraction of sp³-hybridized carbons (Fsp3) is 0.567. The molecule has 0 radical (unpaired) electrons. The average Bonchev–Trinajstić information content (AvgIpc) is 3.53. The largest absolute Gasteiger partial charge is 0.465 e. The lowest BCUT2D eigenvalue weighted by Crippen LogP contribution is -2.56. The Morgan fingerprint density at radius 2 is 1.97 bits per heavy atom. The van der Waals surface area contributed by atoms with Gasteiger partial charge in [-0.15, -0.1) is 13.2 Å². The van der Waals surface area contributed by atoms with Crippen molar-refractivity contribution in [3.63, 3.8) is 0 Å². The van der Waals surface area contributed by atoms with Crippen molar-refractivity contribution in [1.29, 1.82) is 0 Å². The minimum absolute atomic E-state index is 0.000485. The molecule has 3 aliphatic rings. The van der Waals surface area contributed by atoms with Crippen molar-refractivity contribution in [3.05, 3.63) is 61.2 Å². The Labute approximate surface area is 225 Å². The summed E-state index contributed by atoms with van der Waals surface area (Å²) in [5.41, 5.74) is -0.954. The molecule has 1 N–H and O–H groups in total. The van der Waals surface area contributed by atoms with E-state index < -0.39 is 35.0 Å². The van der Waals surface area contributed by atoms with E-state index in [-0.39, 0.29) is 25.0 Å². The Balaban J connectivity index is 1.72. The zero-order valence-corrected chi connectivity index (χ0v) is 22.3. The fourth-order valence-corrected chi connectivity index (χ4v) is 6.69. The monoisotopic (exact) mass is 524 g/mol. The Bertz CT molecular complexity index is 1040. The molecule has 5 atom stereocenters.